The van der Waals surface area contributed by atoms with E-state index in [0.717, 1.165) is 18.1 Å². The third-order valence-corrected chi connectivity index (χ3v) is 3.40. The number of nitrogens with one attached hydrogen (secondary N) is 1. The van der Waals surface area contributed by atoms with Gasteiger partial charge in [0.2, 0.25) is 0 Å². The predicted octanol–water partition coefficient (Wildman–Crippen LogP) is 1.06. The first-order valence-electron chi connectivity index (χ1n) is 4.66. The molecule has 13 heavy (non-hydrogen) atoms. The van der Waals surface area contributed by atoms with E-state index < -0.39 is 0 Å². The van der Waals surface area contributed by atoms with Crippen LogP contribution in [0.1, 0.15) is 23.2 Å². The van der Waals surface area contributed by atoms with Gasteiger partial charge in [0.25, 0.3) is 0 Å². The number of nitrogens with zero attached hydrogens (tertiary/aromatic N) is 1. The summed E-state index contributed by atoms with van der Waals surface area (Å²) in [5, 5.41) is 6.73. The topological polar surface area (TPSA) is 50.9 Å². The van der Waals surface area contributed by atoms with Crippen molar-refractivity contribution in [2.75, 3.05) is 13.1 Å². The zero-order valence-corrected chi connectivity index (χ0v) is 8.60. The highest BCUT2D eigenvalue weighted by Crippen LogP contribution is 2.29. The summed E-state index contributed by atoms with van der Waals surface area (Å²) in [6.45, 7) is 3.87. The second-order valence-corrected chi connectivity index (χ2v) is 4.57. The fourth-order valence-electron chi connectivity index (χ4n) is 1.88. The molecule has 3 nitrogen and oxygen atoms in total. The van der Waals surface area contributed by atoms with Crippen LogP contribution in [-0.2, 0) is 0 Å². The summed E-state index contributed by atoms with van der Waals surface area (Å²) in [7, 11) is 0. The van der Waals surface area contributed by atoms with Gasteiger partial charge in [-0.05, 0) is 32.4 Å². The molecule has 1 saturated heterocycles. The summed E-state index contributed by atoms with van der Waals surface area (Å²) in [5.41, 5.74) is 6.88. The quantitative estimate of drug-likeness (QED) is 0.745. The van der Waals surface area contributed by atoms with Crippen LogP contribution in [0.3, 0.4) is 0 Å². The first-order chi connectivity index (χ1) is 6.31. The Morgan fingerprint density at radius 1 is 1.77 bits per heavy atom. The average molecular weight is 197 g/mol. The van der Waals surface area contributed by atoms with Gasteiger partial charge in [-0.25, -0.2) is 4.98 Å². The molecule has 1 aliphatic heterocycles. The molecule has 72 valence electrons. The van der Waals surface area contributed by atoms with Crippen molar-refractivity contribution in [2.45, 2.75) is 19.4 Å². The lowest BCUT2D eigenvalue weighted by atomic mass is 9.99. The van der Waals surface area contributed by atoms with Gasteiger partial charge < -0.3 is 11.1 Å². The monoisotopic (exact) mass is 197 g/mol. The van der Waals surface area contributed by atoms with Crippen molar-refractivity contribution in [3.63, 3.8) is 0 Å². The molecule has 1 aromatic rings. The molecule has 4 heteroatoms. The van der Waals surface area contributed by atoms with Gasteiger partial charge in [-0.15, -0.1) is 11.3 Å². The molecule has 1 fully saturated rings. The zero-order valence-electron chi connectivity index (χ0n) is 7.79. The van der Waals surface area contributed by atoms with E-state index in [1.165, 1.54) is 12.1 Å². The second-order valence-electron chi connectivity index (χ2n) is 3.51. The normalized spacial score (nSPS) is 28.2. The van der Waals surface area contributed by atoms with Crippen LogP contribution in [-0.4, -0.2) is 18.1 Å². The van der Waals surface area contributed by atoms with Crippen molar-refractivity contribution in [3.05, 3.63) is 16.1 Å². The van der Waals surface area contributed by atoms with Gasteiger partial charge in [-0.3, -0.25) is 0 Å². The average Bonchev–Trinajstić information content (AvgIpc) is 2.71. The molecule has 0 radical (unpaired) electrons. The number of nitrogens with two attached hydrogens (primary N) is 1. The first kappa shape index (κ1) is 9.12. The Labute approximate surface area is 82.4 Å². The van der Waals surface area contributed by atoms with E-state index in [4.69, 9.17) is 5.73 Å². The maximum atomic E-state index is 5.70. The summed E-state index contributed by atoms with van der Waals surface area (Å²) in [6, 6.07) is 0.398. The highest BCUT2D eigenvalue weighted by atomic mass is 32.1. The highest BCUT2D eigenvalue weighted by Gasteiger charge is 2.28. The second kappa shape index (κ2) is 3.74. The summed E-state index contributed by atoms with van der Waals surface area (Å²) in [4.78, 5) is 4.49. The third-order valence-electron chi connectivity index (χ3n) is 2.61. The third kappa shape index (κ3) is 1.75. The lowest BCUT2D eigenvalue weighted by Crippen LogP contribution is -2.23. The van der Waals surface area contributed by atoms with E-state index in [0.29, 0.717) is 12.0 Å². The molecule has 3 N–H and O–H groups in total. The van der Waals surface area contributed by atoms with Crippen LogP contribution in [0, 0.1) is 12.8 Å². The minimum absolute atomic E-state index is 0.398. The molecule has 2 unspecified atom stereocenters. The van der Waals surface area contributed by atoms with Crippen LogP contribution in [0.5, 0.6) is 0 Å². The Morgan fingerprint density at radius 2 is 2.62 bits per heavy atom. The van der Waals surface area contributed by atoms with Gasteiger partial charge in [-0.1, -0.05) is 0 Å². The lowest BCUT2D eigenvalue weighted by Gasteiger charge is -2.15. The zero-order chi connectivity index (χ0) is 9.26. The standard InChI is InChI=1S/C9H15N3S/c1-6-12-8(5-13-6)9-7(4-10)2-3-11-9/h5,7,9,11H,2-4,10H2,1H3. The van der Waals surface area contributed by atoms with Crippen LogP contribution in [0.2, 0.25) is 0 Å². The minimum Gasteiger partial charge on any atom is -0.330 e. The van der Waals surface area contributed by atoms with Gasteiger partial charge >= 0.3 is 0 Å². The fraction of sp³-hybridized carbons (Fsp3) is 0.667. The number of aromatic nitrogens is 1. The van der Waals surface area contributed by atoms with Gasteiger partial charge in [0, 0.05) is 5.38 Å². The first-order valence-corrected chi connectivity index (χ1v) is 5.54. The molecule has 2 atom stereocenters. The highest BCUT2D eigenvalue weighted by molar-refractivity contribution is 7.09. The Kier molecular flexibility index (Phi) is 2.62. The Bertz CT molecular complexity index is 284. The van der Waals surface area contributed by atoms with Crippen LogP contribution >= 0.6 is 11.3 Å². The molecule has 0 amide bonds. The Balaban J connectivity index is 2.15. The van der Waals surface area contributed by atoms with Crippen LogP contribution < -0.4 is 11.1 Å². The van der Waals surface area contributed by atoms with Crippen LogP contribution in [0.15, 0.2) is 5.38 Å². The molecule has 2 rings (SSSR count). The van der Waals surface area contributed by atoms with E-state index >= 15 is 0 Å². The summed E-state index contributed by atoms with van der Waals surface area (Å²) >= 11 is 1.71. The summed E-state index contributed by atoms with van der Waals surface area (Å²) in [5.74, 6) is 0.571. The number of thiazole rings is 1. The van der Waals surface area contributed by atoms with Crippen LogP contribution in [0.25, 0.3) is 0 Å². The predicted molar refractivity (Wildman–Crippen MR) is 54.8 cm³/mol. The molecule has 0 spiro atoms. The molecule has 0 saturated carbocycles. The molecule has 0 bridgehead atoms. The minimum atomic E-state index is 0.398. The van der Waals surface area contributed by atoms with E-state index in [-0.39, 0.29) is 0 Å². The van der Waals surface area contributed by atoms with Crippen molar-refractivity contribution in [1.29, 1.82) is 0 Å². The SMILES string of the molecule is Cc1nc(C2NCCC2CN)cs1. The van der Waals surface area contributed by atoms with Crippen LogP contribution in [0.4, 0.5) is 0 Å². The van der Waals surface area contributed by atoms with Crippen molar-refractivity contribution < 1.29 is 0 Å². The van der Waals surface area contributed by atoms with E-state index in [9.17, 15) is 0 Å². The van der Waals surface area contributed by atoms with Gasteiger partial charge in [0.1, 0.15) is 0 Å². The molecule has 0 aliphatic carbocycles. The Hall–Kier alpha value is -0.450. The molecule has 2 heterocycles. The molecular formula is C9H15N3S. The number of hydrogen-bond acceptors (Lipinski definition) is 4. The molecular weight excluding hydrogens is 182 g/mol. The van der Waals surface area contributed by atoms with Gasteiger partial charge in [0.05, 0.1) is 16.7 Å². The Morgan fingerprint density at radius 3 is 3.23 bits per heavy atom. The van der Waals surface area contributed by atoms with E-state index in [1.54, 1.807) is 11.3 Å². The van der Waals surface area contributed by atoms with Crippen molar-refractivity contribution in [3.8, 4) is 0 Å². The fourth-order valence-corrected chi connectivity index (χ4v) is 2.53. The molecule has 1 aliphatic rings. The number of rotatable bonds is 2. The van der Waals surface area contributed by atoms with E-state index in [1.807, 2.05) is 6.92 Å². The maximum absolute atomic E-state index is 5.70. The lowest BCUT2D eigenvalue weighted by molar-refractivity contribution is 0.465. The van der Waals surface area contributed by atoms with Gasteiger partial charge in [0.15, 0.2) is 0 Å². The van der Waals surface area contributed by atoms with E-state index in [2.05, 4.69) is 15.7 Å². The molecule has 0 aromatic carbocycles. The van der Waals surface area contributed by atoms with Crippen molar-refractivity contribution >= 4 is 11.3 Å². The van der Waals surface area contributed by atoms with Gasteiger partial charge in [-0.2, -0.15) is 0 Å². The van der Waals surface area contributed by atoms with Crippen molar-refractivity contribution in [2.24, 2.45) is 11.7 Å². The number of aryl methyl sites for hydroxylation is 1. The molecule has 1 aromatic heterocycles. The maximum Gasteiger partial charge on any atom is 0.0898 e. The smallest absolute Gasteiger partial charge is 0.0898 e. The summed E-state index contributed by atoms with van der Waals surface area (Å²) in [6.07, 6.45) is 1.18. The summed E-state index contributed by atoms with van der Waals surface area (Å²) < 4.78 is 0. The van der Waals surface area contributed by atoms with Crippen molar-refractivity contribution in [1.82, 2.24) is 10.3 Å². The largest absolute Gasteiger partial charge is 0.330 e. The number of hydrogen-bond donors (Lipinski definition) is 2.